The fourth-order valence-corrected chi connectivity index (χ4v) is 2.59. The van der Waals surface area contributed by atoms with Gasteiger partial charge in [0, 0.05) is 27.4 Å². The van der Waals surface area contributed by atoms with Gasteiger partial charge < -0.3 is 23.2 Å². The van der Waals surface area contributed by atoms with E-state index in [1.54, 1.807) is 21.3 Å². The maximum absolute atomic E-state index is 9.49. The third kappa shape index (κ3) is 7.58. The highest BCUT2D eigenvalue weighted by molar-refractivity contribution is 6.60. The molecule has 0 heterocycles. The van der Waals surface area contributed by atoms with Gasteiger partial charge in [0.2, 0.25) is 0 Å². The Kier molecular flexibility index (Phi) is 10.5. The molecular weight excluding hydrogens is 228 g/mol. The number of carbonyl (C=O) groups is 1. The van der Waals surface area contributed by atoms with Crippen molar-refractivity contribution in [2.45, 2.75) is 26.3 Å². The summed E-state index contributed by atoms with van der Waals surface area (Å²) in [4.78, 5) is 9.49. The molecular formula is C10H21O5Si-. The molecule has 0 aliphatic carbocycles. The van der Waals surface area contributed by atoms with Gasteiger partial charge in [-0.1, -0.05) is 19.9 Å². The summed E-state index contributed by atoms with van der Waals surface area (Å²) < 4.78 is 15.5. The van der Waals surface area contributed by atoms with E-state index >= 15 is 0 Å². The topological polar surface area (TPSA) is 67.8 Å². The first-order valence-electron chi connectivity index (χ1n) is 4.91. The van der Waals surface area contributed by atoms with Crippen molar-refractivity contribution in [1.29, 1.82) is 0 Å². The van der Waals surface area contributed by atoms with Crippen LogP contribution in [0.3, 0.4) is 0 Å². The van der Waals surface area contributed by atoms with Crippen molar-refractivity contribution in [3.8, 4) is 0 Å². The first-order valence-corrected chi connectivity index (χ1v) is 6.84. The summed E-state index contributed by atoms with van der Waals surface area (Å²) in [6.07, 6.45) is 1.03. The van der Waals surface area contributed by atoms with Gasteiger partial charge in [0.05, 0.1) is 5.97 Å². The monoisotopic (exact) mass is 249 g/mol. The summed E-state index contributed by atoms with van der Waals surface area (Å²) in [6.45, 7) is 6.56. The van der Waals surface area contributed by atoms with E-state index in [0.29, 0.717) is 0 Å². The molecule has 0 aromatic rings. The van der Waals surface area contributed by atoms with Crippen molar-refractivity contribution in [1.82, 2.24) is 0 Å². The molecule has 0 unspecified atom stereocenters. The molecule has 0 N–H and O–H groups in total. The van der Waals surface area contributed by atoms with Gasteiger partial charge in [0.25, 0.3) is 0 Å². The molecule has 0 aromatic carbocycles. The van der Waals surface area contributed by atoms with Gasteiger partial charge in [-0.2, -0.15) is 0 Å². The van der Waals surface area contributed by atoms with Crippen LogP contribution in [0.1, 0.15) is 20.3 Å². The Labute approximate surface area is 98.4 Å². The Morgan fingerprint density at radius 2 is 1.56 bits per heavy atom. The van der Waals surface area contributed by atoms with Crippen molar-refractivity contribution in [3.63, 3.8) is 0 Å². The van der Waals surface area contributed by atoms with E-state index < -0.39 is 14.8 Å². The van der Waals surface area contributed by atoms with Crippen LogP contribution in [0.25, 0.3) is 0 Å². The number of carboxylic acids is 1. The van der Waals surface area contributed by atoms with Crippen LogP contribution in [0.5, 0.6) is 0 Å². The minimum absolute atomic E-state index is 0.0648. The summed E-state index contributed by atoms with van der Waals surface area (Å²) in [7, 11) is 2.68. The van der Waals surface area contributed by atoms with Crippen molar-refractivity contribution < 1.29 is 23.2 Å². The lowest BCUT2D eigenvalue weighted by atomic mass is 10.4. The molecule has 0 bridgehead atoms. The molecule has 0 saturated heterocycles. The van der Waals surface area contributed by atoms with E-state index in [2.05, 4.69) is 13.5 Å². The lowest BCUT2D eigenvalue weighted by Gasteiger charge is -2.23. The zero-order chi connectivity index (χ0) is 13.2. The predicted molar refractivity (Wildman–Crippen MR) is 61.7 cm³/mol. The lowest BCUT2D eigenvalue weighted by Crippen LogP contribution is -2.42. The zero-order valence-corrected chi connectivity index (χ0v) is 11.7. The van der Waals surface area contributed by atoms with Crippen LogP contribution in [0.15, 0.2) is 12.2 Å². The fraction of sp³-hybridized carbons (Fsp3) is 0.700. The zero-order valence-electron chi connectivity index (χ0n) is 10.7. The SMILES string of the molecule is C=C(C)C(=O)[O-].CCC[Si](OC)(OC)OC. The Morgan fingerprint density at radius 3 is 1.62 bits per heavy atom. The van der Waals surface area contributed by atoms with Crippen molar-refractivity contribution >= 4 is 14.8 Å². The van der Waals surface area contributed by atoms with E-state index in [0.717, 1.165) is 12.5 Å². The third-order valence-corrected chi connectivity index (χ3v) is 4.82. The minimum Gasteiger partial charge on any atom is -0.545 e. The Morgan fingerprint density at radius 1 is 1.25 bits per heavy atom. The highest BCUT2D eigenvalue weighted by Gasteiger charge is 2.36. The largest absolute Gasteiger partial charge is 0.545 e. The van der Waals surface area contributed by atoms with E-state index in [-0.39, 0.29) is 5.57 Å². The molecule has 0 aliphatic rings. The molecule has 16 heavy (non-hydrogen) atoms. The number of aliphatic carboxylic acids is 1. The second kappa shape index (κ2) is 9.53. The lowest BCUT2D eigenvalue weighted by molar-refractivity contribution is -0.299. The molecule has 0 saturated carbocycles. The highest BCUT2D eigenvalue weighted by atomic mass is 28.4. The molecule has 5 nitrogen and oxygen atoms in total. The number of rotatable bonds is 6. The summed E-state index contributed by atoms with van der Waals surface area (Å²) >= 11 is 0. The van der Waals surface area contributed by atoms with Gasteiger partial charge in [0.1, 0.15) is 0 Å². The van der Waals surface area contributed by atoms with Gasteiger partial charge >= 0.3 is 8.80 Å². The standard InChI is InChI=1S/C6H16O3Si.C4H6O2/c1-5-6-10(7-2,8-3)9-4;1-3(2)4(5)6/h5-6H2,1-4H3;1H2,2H3,(H,5,6)/p-1. The molecule has 96 valence electrons. The minimum atomic E-state index is -2.22. The third-order valence-electron chi connectivity index (χ3n) is 1.84. The average Bonchev–Trinajstić information content (AvgIpc) is 2.27. The summed E-state index contributed by atoms with van der Waals surface area (Å²) in [5.41, 5.74) is 0.0648. The van der Waals surface area contributed by atoms with Gasteiger partial charge in [0.15, 0.2) is 0 Å². The summed E-state index contributed by atoms with van der Waals surface area (Å²) in [5.74, 6) is -1.19. The molecule has 0 rings (SSSR count). The van der Waals surface area contributed by atoms with E-state index in [1.807, 2.05) is 0 Å². The number of carboxylic acid groups (broad SMARTS) is 1. The summed E-state index contributed by atoms with van der Waals surface area (Å²) in [6, 6.07) is 0.885. The molecule has 0 spiro atoms. The first kappa shape index (κ1) is 17.7. The second-order valence-corrected chi connectivity index (χ2v) is 6.20. The van der Waals surface area contributed by atoms with Gasteiger partial charge in [-0.15, -0.1) is 0 Å². The Hall–Kier alpha value is -0.693. The van der Waals surface area contributed by atoms with Crippen LogP contribution >= 0.6 is 0 Å². The molecule has 6 heteroatoms. The van der Waals surface area contributed by atoms with Gasteiger partial charge in [-0.25, -0.2) is 0 Å². The Balaban J connectivity index is 0. The molecule has 0 aliphatic heterocycles. The van der Waals surface area contributed by atoms with Crippen LogP contribution in [0.4, 0.5) is 0 Å². The second-order valence-electron chi connectivity index (χ2n) is 3.11. The number of hydrogen-bond donors (Lipinski definition) is 0. The number of carbonyl (C=O) groups excluding carboxylic acids is 1. The van der Waals surface area contributed by atoms with Crippen LogP contribution in [0, 0.1) is 0 Å². The fourth-order valence-electron chi connectivity index (χ4n) is 0.862. The van der Waals surface area contributed by atoms with Gasteiger partial charge in [-0.05, 0) is 12.5 Å². The van der Waals surface area contributed by atoms with Crippen molar-refractivity contribution in [2.24, 2.45) is 0 Å². The van der Waals surface area contributed by atoms with E-state index in [4.69, 9.17) is 13.3 Å². The quantitative estimate of drug-likeness (QED) is 0.509. The molecule has 0 atom stereocenters. The molecule has 0 aromatic heterocycles. The van der Waals surface area contributed by atoms with Crippen molar-refractivity contribution in [3.05, 3.63) is 12.2 Å². The predicted octanol–water partition coefficient (Wildman–Crippen LogP) is 0.587. The molecule has 0 fully saturated rings. The maximum Gasteiger partial charge on any atom is 0.500 e. The normalized spacial score (nSPS) is 10.3. The summed E-state index contributed by atoms with van der Waals surface area (Å²) in [5, 5.41) is 9.49. The van der Waals surface area contributed by atoms with Gasteiger partial charge in [-0.3, -0.25) is 0 Å². The van der Waals surface area contributed by atoms with E-state index in [1.165, 1.54) is 6.92 Å². The maximum atomic E-state index is 9.49. The molecule has 0 amide bonds. The highest BCUT2D eigenvalue weighted by Crippen LogP contribution is 2.13. The average molecular weight is 249 g/mol. The smallest absolute Gasteiger partial charge is 0.500 e. The number of hydrogen-bond acceptors (Lipinski definition) is 5. The van der Waals surface area contributed by atoms with Crippen LogP contribution < -0.4 is 5.11 Å². The van der Waals surface area contributed by atoms with Crippen LogP contribution in [0.2, 0.25) is 6.04 Å². The Bertz CT molecular complexity index is 193. The first-order chi connectivity index (χ1) is 7.39. The van der Waals surface area contributed by atoms with Crippen molar-refractivity contribution in [2.75, 3.05) is 21.3 Å². The van der Waals surface area contributed by atoms with Crippen LogP contribution in [-0.2, 0) is 18.1 Å². The van der Waals surface area contributed by atoms with E-state index in [9.17, 15) is 9.90 Å². The van der Waals surface area contributed by atoms with Crippen LogP contribution in [-0.4, -0.2) is 36.1 Å². The molecule has 0 radical (unpaired) electrons.